The highest BCUT2D eigenvalue weighted by molar-refractivity contribution is 9.10. The molecule has 19 heavy (non-hydrogen) atoms. The van der Waals surface area contributed by atoms with Crippen LogP contribution >= 0.6 is 15.9 Å². The molecule has 1 saturated heterocycles. The summed E-state index contributed by atoms with van der Waals surface area (Å²) < 4.78 is 8.05. The standard InChI is InChI=1S/C13H19BrN2O3/c1-3-9-11(14)10(16(2)15-9)8-13(12(17)18)4-6-19-7-5-13/h3-8H2,1-2H3,(H,17,18). The summed E-state index contributed by atoms with van der Waals surface area (Å²) in [5.41, 5.74) is 1.21. The monoisotopic (exact) mass is 330 g/mol. The van der Waals surface area contributed by atoms with E-state index in [4.69, 9.17) is 4.74 Å². The van der Waals surface area contributed by atoms with Crippen LogP contribution in [-0.4, -0.2) is 34.1 Å². The quantitative estimate of drug-likeness (QED) is 0.918. The number of carboxylic acid groups (broad SMARTS) is 1. The van der Waals surface area contributed by atoms with Gasteiger partial charge in [-0.15, -0.1) is 0 Å². The van der Waals surface area contributed by atoms with Gasteiger partial charge in [0.25, 0.3) is 0 Å². The average Bonchev–Trinajstić information content (AvgIpc) is 2.67. The number of nitrogens with zero attached hydrogens (tertiary/aromatic N) is 2. The first kappa shape index (κ1) is 14.5. The lowest BCUT2D eigenvalue weighted by Crippen LogP contribution is -2.39. The van der Waals surface area contributed by atoms with Gasteiger partial charge in [0, 0.05) is 26.7 Å². The second kappa shape index (κ2) is 5.63. The van der Waals surface area contributed by atoms with Gasteiger partial charge in [0.15, 0.2) is 0 Å². The van der Waals surface area contributed by atoms with Gasteiger partial charge in [-0.25, -0.2) is 0 Å². The van der Waals surface area contributed by atoms with Crippen LogP contribution in [0, 0.1) is 5.41 Å². The summed E-state index contributed by atoms with van der Waals surface area (Å²) in [5.74, 6) is -0.734. The molecule has 1 aromatic heterocycles. The van der Waals surface area contributed by atoms with E-state index in [0.29, 0.717) is 32.5 Å². The smallest absolute Gasteiger partial charge is 0.310 e. The molecule has 1 N–H and O–H groups in total. The number of hydrogen-bond acceptors (Lipinski definition) is 3. The van der Waals surface area contributed by atoms with E-state index in [1.165, 1.54) is 0 Å². The van der Waals surface area contributed by atoms with Crippen molar-refractivity contribution in [3.63, 3.8) is 0 Å². The third-order valence-electron chi connectivity index (χ3n) is 3.91. The van der Waals surface area contributed by atoms with Crippen LogP contribution in [0.3, 0.4) is 0 Å². The van der Waals surface area contributed by atoms with Crippen LogP contribution in [0.1, 0.15) is 31.2 Å². The molecule has 1 fully saturated rings. The van der Waals surface area contributed by atoms with Crippen molar-refractivity contribution < 1.29 is 14.6 Å². The van der Waals surface area contributed by atoms with Gasteiger partial charge < -0.3 is 9.84 Å². The molecule has 0 spiro atoms. The van der Waals surface area contributed by atoms with Gasteiger partial charge in [-0.3, -0.25) is 9.48 Å². The molecule has 0 bridgehead atoms. The number of carbonyl (C=O) groups is 1. The lowest BCUT2D eigenvalue weighted by Gasteiger charge is -2.33. The third kappa shape index (κ3) is 2.69. The zero-order chi connectivity index (χ0) is 14.0. The molecule has 0 aliphatic carbocycles. The van der Waals surface area contributed by atoms with Gasteiger partial charge >= 0.3 is 5.97 Å². The molecular weight excluding hydrogens is 312 g/mol. The first-order valence-electron chi connectivity index (χ1n) is 6.51. The van der Waals surface area contributed by atoms with Gasteiger partial charge in [-0.2, -0.15) is 5.10 Å². The predicted molar refractivity (Wildman–Crippen MR) is 74.1 cm³/mol. The van der Waals surface area contributed by atoms with Gasteiger partial charge in [0.1, 0.15) is 0 Å². The molecule has 0 atom stereocenters. The van der Waals surface area contributed by atoms with E-state index >= 15 is 0 Å². The van der Waals surface area contributed by atoms with Crippen LogP contribution in [0.15, 0.2) is 4.47 Å². The molecule has 1 aliphatic heterocycles. The number of rotatable bonds is 4. The molecule has 2 rings (SSSR count). The van der Waals surface area contributed by atoms with Crippen molar-refractivity contribution in [1.82, 2.24) is 9.78 Å². The Morgan fingerprint density at radius 1 is 1.53 bits per heavy atom. The fourth-order valence-electron chi connectivity index (χ4n) is 2.56. The maximum Gasteiger partial charge on any atom is 0.310 e. The molecule has 0 aromatic carbocycles. The minimum atomic E-state index is -0.734. The topological polar surface area (TPSA) is 64.4 Å². The first-order valence-corrected chi connectivity index (χ1v) is 7.31. The molecule has 0 radical (unpaired) electrons. The second-order valence-electron chi connectivity index (χ2n) is 5.06. The van der Waals surface area contributed by atoms with E-state index in [-0.39, 0.29) is 0 Å². The van der Waals surface area contributed by atoms with Gasteiger partial charge in [0.2, 0.25) is 0 Å². The molecule has 1 aliphatic rings. The second-order valence-corrected chi connectivity index (χ2v) is 5.85. The van der Waals surface area contributed by atoms with Crippen LogP contribution in [0.5, 0.6) is 0 Å². The predicted octanol–water partition coefficient (Wildman–Crippen LogP) is 2.17. The number of aryl methyl sites for hydroxylation is 2. The van der Waals surface area contributed by atoms with E-state index in [1.807, 2.05) is 14.0 Å². The SMILES string of the molecule is CCc1nn(C)c(CC2(C(=O)O)CCOCC2)c1Br. The van der Waals surface area contributed by atoms with E-state index in [1.54, 1.807) is 4.68 Å². The Morgan fingerprint density at radius 3 is 2.63 bits per heavy atom. The number of ether oxygens (including phenoxy) is 1. The Morgan fingerprint density at radius 2 is 2.16 bits per heavy atom. The maximum absolute atomic E-state index is 11.7. The number of carboxylic acids is 1. The van der Waals surface area contributed by atoms with Crippen molar-refractivity contribution in [1.29, 1.82) is 0 Å². The summed E-state index contributed by atoms with van der Waals surface area (Å²) in [6.07, 6.45) is 2.44. The zero-order valence-electron chi connectivity index (χ0n) is 11.3. The Kier molecular flexibility index (Phi) is 4.30. The normalized spacial score (nSPS) is 18.5. The van der Waals surface area contributed by atoms with Crippen molar-refractivity contribution in [3.05, 3.63) is 15.9 Å². The van der Waals surface area contributed by atoms with Crippen molar-refractivity contribution in [2.75, 3.05) is 13.2 Å². The van der Waals surface area contributed by atoms with Crippen LogP contribution in [0.2, 0.25) is 0 Å². The summed E-state index contributed by atoms with van der Waals surface area (Å²) in [6, 6.07) is 0. The molecule has 0 saturated carbocycles. The molecule has 0 unspecified atom stereocenters. The molecule has 106 valence electrons. The van der Waals surface area contributed by atoms with Crippen LogP contribution in [0.4, 0.5) is 0 Å². The molecular formula is C13H19BrN2O3. The van der Waals surface area contributed by atoms with E-state index < -0.39 is 11.4 Å². The lowest BCUT2D eigenvalue weighted by molar-refractivity contribution is -0.154. The highest BCUT2D eigenvalue weighted by Crippen LogP contribution is 2.37. The lowest BCUT2D eigenvalue weighted by atomic mass is 9.76. The van der Waals surface area contributed by atoms with E-state index in [0.717, 1.165) is 22.3 Å². The van der Waals surface area contributed by atoms with Crippen LogP contribution < -0.4 is 0 Å². The zero-order valence-corrected chi connectivity index (χ0v) is 12.9. The van der Waals surface area contributed by atoms with Gasteiger partial charge in [0.05, 0.1) is 21.3 Å². The van der Waals surface area contributed by atoms with Crippen molar-refractivity contribution in [2.45, 2.75) is 32.6 Å². The molecule has 1 aromatic rings. The fourth-order valence-corrected chi connectivity index (χ4v) is 3.32. The van der Waals surface area contributed by atoms with Crippen LogP contribution in [-0.2, 0) is 29.4 Å². The minimum absolute atomic E-state index is 0.496. The molecule has 2 heterocycles. The number of aromatic nitrogens is 2. The minimum Gasteiger partial charge on any atom is -0.481 e. The maximum atomic E-state index is 11.7. The Labute approximate surface area is 121 Å². The molecule has 0 amide bonds. The Hall–Kier alpha value is -0.880. The number of halogens is 1. The van der Waals surface area contributed by atoms with E-state index in [2.05, 4.69) is 21.0 Å². The summed E-state index contributed by atoms with van der Waals surface area (Å²) in [5, 5.41) is 14.0. The van der Waals surface area contributed by atoms with Gasteiger partial charge in [-0.05, 0) is 35.2 Å². The first-order chi connectivity index (χ1) is 9.00. The highest BCUT2D eigenvalue weighted by Gasteiger charge is 2.41. The van der Waals surface area contributed by atoms with E-state index in [9.17, 15) is 9.90 Å². The Bertz CT molecular complexity index is 478. The fraction of sp³-hybridized carbons (Fsp3) is 0.692. The summed E-state index contributed by atoms with van der Waals surface area (Å²) >= 11 is 3.55. The highest BCUT2D eigenvalue weighted by atomic mass is 79.9. The largest absolute Gasteiger partial charge is 0.481 e. The average molecular weight is 331 g/mol. The summed E-state index contributed by atoms with van der Waals surface area (Å²) in [6.45, 7) is 3.07. The summed E-state index contributed by atoms with van der Waals surface area (Å²) in [4.78, 5) is 11.7. The third-order valence-corrected chi connectivity index (χ3v) is 4.83. The van der Waals surface area contributed by atoms with Crippen molar-refractivity contribution in [2.24, 2.45) is 12.5 Å². The van der Waals surface area contributed by atoms with Gasteiger partial charge in [-0.1, -0.05) is 6.92 Å². The number of hydrogen-bond donors (Lipinski definition) is 1. The summed E-state index contributed by atoms with van der Waals surface area (Å²) in [7, 11) is 1.87. The Balaban J connectivity index is 2.32. The van der Waals surface area contributed by atoms with Crippen LogP contribution in [0.25, 0.3) is 0 Å². The molecule has 5 nitrogen and oxygen atoms in total. The van der Waals surface area contributed by atoms with Crippen molar-refractivity contribution >= 4 is 21.9 Å². The number of aliphatic carboxylic acids is 1. The molecule has 6 heteroatoms. The van der Waals surface area contributed by atoms with Crippen molar-refractivity contribution in [3.8, 4) is 0 Å².